The van der Waals surface area contributed by atoms with Crippen LogP contribution in [0.1, 0.15) is 373 Å². The number of nitrogens with zero attached hydrogens (tertiary/aromatic N) is 1. The lowest BCUT2D eigenvalue weighted by atomic mass is 10.0. The number of rotatable bonds is 76. The number of carboxylic acids is 1. The fourth-order valence-electron chi connectivity index (χ4n) is 11.8. The highest BCUT2D eigenvalue weighted by atomic mass is 16.7. The van der Waals surface area contributed by atoms with Crippen LogP contribution in [0.25, 0.3) is 0 Å². The quantitative estimate of drug-likeness (QED) is 0.0195. The van der Waals surface area contributed by atoms with E-state index < -0.39 is 24.3 Å². The summed E-state index contributed by atoms with van der Waals surface area (Å²) in [7, 11) is 5.95. The van der Waals surface area contributed by atoms with Gasteiger partial charge in [0.05, 0.1) is 40.3 Å². The van der Waals surface area contributed by atoms with Crippen LogP contribution < -0.4 is 5.11 Å². The molecule has 0 bridgehead atoms. The minimum absolute atomic E-state index is 0.147. The Hall–Kier alpha value is -4.05. The van der Waals surface area contributed by atoms with Crippen LogP contribution in [0, 0.1) is 0 Å². The van der Waals surface area contributed by atoms with Gasteiger partial charge in [0.15, 0.2) is 12.4 Å². The topological polar surface area (TPSA) is 111 Å². The molecule has 0 aliphatic heterocycles. The number of hydrogen-bond acceptors (Lipinski definition) is 8. The standard InChI is InChI=1S/C88H155NO8/c1-6-8-10-12-14-16-18-20-22-24-26-28-30-32-34-36-38-39-40-41-42-43-44-45-46-47-49-51-53-55-57-59-61-63-65-67-69-71-73-75-77-79-86(91)97-84(83-96-88(87(92)93)94-81-80-89(3,4)5)82-95-85(90)78-76-74-72-70-68-66-64-62-60-58-56-54-52-50-48-37-35-33-31-29-27-25-23-21-19-17-15-13-11-9-7-2/h8,10,14,16,19-22,25-28,31-34,38-39,84,88H,6-7,9,11-13,15,17-18,23-24,29-30,35-37,40-83H2,1-5H3/b10-8-,16-14-,21-19-,22-20-,27-25-,28-26-,33-31-,34-32-,39-38-. The van der Waals surface area contributed by atoms with Gasteiger partial charge in [-0.2, -0.15) is 0 Å². The summed E-state index contributed by atoms with van der Waals surface area (Å²) in [6.07, 6.45) is 106. The van der Waals surface area contributed by atoms with Gasteiger partial charge in [0.25, 0.3) is 0 Å². The van der Waals surface area contributed by atoms with Crippen LogP contribution >= 0.6 is 0 Å². The summed E-state index contributed by atoms with van der Waals surface area (Å²) in [6, 6.07) is 0. The number of unbranched alkanes of at least 4 members (excludes halogenated alkanes) is 43. The van der Waals surface area contributed by atoms with Crippen molar-refractivity contribution < 1.29 is 42.9 Å². The van der Waals surface area contributed by atoms with Crippen LogP contribution in [0.15, 0.2) is 109 Å². The molecule has 2 atom stereocenters. The molecular weight excluding hydrogens is 1200 g/mol. The number of quaternary nitrogens is 1. The summed E-state index contributed by atoms with van der Waals surface area (Å²) in [5.74, 6) is -2.26. The van der Waals surface area contributed by atoms with Crippen molar-refractivity contribution in [3.05, 3.63) is 109 Å². The molecule has 0 heterocycles. The molecule has 97 heavy (non-hydrogen) atoms. The number of hydrogen-bond donors (Lipinski definition) is 0. The van der Waals surface area contributed by atoms with Crippen LogP contribution in [0.4, 0.5) is 0 Å². The summed E-state index contributed by atoms with van der Waals surface area (Å²) >= 11 is 0. The Kier molecular flexibility index (Phi) is 74.4. The van der Waals surface area contributed by atoms with E-state index in [1.165, 1.54) is 257 Å². The average Bonchev–Trinajstić information content (AvgIpc) is 3.27. The van der Waals surface area contributed by atoms with E-state index >= 15 is 0 Å². The molecule has 0 saturated carbocycles. The van der Waals surface area contributed by atoms with E-state index in [2.05, 4.69) is 123 Å². The minimum Gasteiger partial charge on any atom is -0.545 e. The van der Waals surface area contributed by atoms with Gasteiger partial charge in [0.1, 0.15) is 13.2 Å². The zero-order valence-electron chi connectivity index (χ0n) is 64.2. The molecule has 0 aromatic heterocycles. The second-order valence-corrected chi connectivity index (χ2v) is 28.7. The first kappa shape index (κ1) is 93.0. The van der Waals surface area contributed by atoms with Crippen LogP contribution in [0.3, 0.4) is 0 Å². The van der Waals surface area contributed by atoms with E-state index in [1.807, 2.05) is 21.1 Å². The van der Waals surface area contributed by atoms with Gasteiger partial charge in [-0.15, -0.1) is 0 Å². The molecule has 0 aliphatic rings. The SMILES string of the molecule is CC/C=C\C/C=C\C/C=C\C/C=C\C/C=C\C/C=C\CCCCCCCCCCCCCCCCCCCCCCCCC(=O)OC(COC(=O)CCCCCCCCCCCCCCCCCC/C=C\C/C=C\C/C=C\CCCCCCC)COC(OCC[N+](C)(C)C)C(=O)[O-]. The summed E-state index contributed by atoms with van der Waals surface area (Å²) in [5, 5.41) is 11.9. The van der Waals surface area contributed by atoms with E-state index in [9.17, 15) is 19.5 Å². The lowest BCUT2D eigenvalue weighted by Gasteiger charge is -2.26. The zero-order valence-corrected chi connectivity index (χ0v) is 64.2. The van der Waals surface area contributed by atoms with Gasteiger partial charge in [-0.25, -0.2) is 0 Å². The number of likely N-dealkylation sites (N-methyl/N-ethyl adjacent to an activating group) is 1. The van der Waals surface area contributed by atoms with E-state index in [0.29, 0.717) is 23.9 Å². The zero-order chi connectivity index (χ0) is 70.4. The highest BCUT2D eigenvalue weighted by Gasteiger charge is 2.22. The Balaban J connectivity index is 3.98. The third-order valence-corrected chi connectivity index (χ3v) is 18.0. The van der Waals surface area contributed by atoms with Crippen molar-refractivity contribution in [2.24, 2.45) is 0 Å². The van der Waals surface area contributed by atoms with Crippen LogP contribution in [-0.4, -0.2) is 82.3 Å². The van der Waals surface area contributed by atoms with Gasteiger partial charge in [-0.3, -0.25) is 9.59 Å². The van der Waals surface area contributed by atoms with E-state index in [0.717, 1.165) is 83.5 Å². The lowest BCUT2D eigenvalue weighted by molar-refractivity contribution is -0.870. The first-order valence-electron chi connectivity index (χ1n) is 41.0. The molecule has 0 spiro atoms. The largest absolute Gasteiger partial charge is 0.545 e. The molecule has 0 aliphatic carbocycles. The van der Waals surface area contributed by atoms with Crippen molar-refractivity contribution in [2.45, 2.75) is 386 Å². The number of carboxylic acid groups (broad SMARTS) is 1. The van der Waals surface area contributed by atoms with Crippen molar-refractivity contribution in [3.8, 4) is 0 Å². The molecule has 560 valence electrons. The highest BCUT2D eigenvalue weighted by Crippen LogP contribution is 2.19. The number of carbonyl (C=O) groups is 3. The molecule has 2 unspecified atom stereocenters. The molecule has 9 nitrogen and oxygen atoms in total. The van der Waals surface area contributed by atoms with Crippen molar-refractivity contribution in [1.82, 2.24) is 0 Å². The summed E-state index contributed by atoms with van der Waals surface area (Å²) in [4.78, 5) is 37.6. The predicted molar refractivity (Wildman–Crippen MR) is 417 cm³/mol. The van der Waals surface area contributed by atoms with Crippen molar-refractivity contribution in [3.63, 3.8) is 0 Å². The van der Waals surface area contributed by atoms with Gasteiger partial charge in [0, 0.05) is 12.8 Å². The summed E-state index contributed by atoms with van der Waals surface area (Å²) < 4.78 is 22.9. The molecular formula is C88H155NO8. The maximum Gasteiger partial charge on any atom is 0.306 e. The fourth-order valence-corrected chi connectivity index (χ4v) is 11.8. The Morgan fingerprint density at radius 2 is 0.588 bits per heavy atom. The first-order chi connectivity index (χ1) is 47.6. The summed E-state index contributed by atoms with van der Waals surface area (Å²) in [5.41, 5.74) is 0. The van der Waals surface area contributed by atoms with Gasteiger partial charge in [-0.05, 0) is 103 Å². The normalized spacial score (nSPS) is 13.2. The van der Waals surface area contributed by atoms with Gasteiger partial charge < -0.3 is 33.3 Å². The Morgan fingerprint density at radius 3 is 0.876 bits per heavy atom. The third-order valence-electron chi connectivity index (χ3n) is 18.0. The number of aliphatic carboxylic acids is 1. The van der Waals surface area contributed by atoms with Gasteiger partial charge in [0.2, 0.25) is 0 Å². The number of carbonyl (C=O) groups excluding carboxylic acids is 3. The van der Waals surface area contributed by atoms with Crippen LogP contribution in [-0.2, 0) is 33.3 Å². The first-order valence-corrected chi connectivity index (χ1v) is 41.0. The van der Waals surface area contributed by atoms with E-state index in [-0.39, 0.29) is 32.2 Å². The maximum absolute atomic E-state index is 13.0. The van der Waals surface area contributed by atoms with Crippen molar-refractivity contribution >= 4 is 17.9 Å². The van der Waals surface area contributed by atoms with Crippen molar-refractivity contribution in [1.29, 1.82) is 0 Å². The molecule has 9 heteroatoms. The minimum atomic E-state index is -1.62. The molecule has 0 fully saturated rings. The summed E-state index contributed by atoms with van der Waals surface area (Å²) in [6.45, 7) is 4.67. The Bertz CT molecular complexity index is 1970. The average molecular weight is 1360 g/mol. The van der Waals surface area contributed by atoms with Crippen LogP contribution in [0.2, 0.25) is 0 Å². The smallest absolute Gasteiger partial charge is 0.306 e. The fraction of sp³-hybridized carbons (Fsp3) is 0.761. The number of esters is 2. The molecule has 0 N–H and O–H groups in total. The van der Waals surface area contributed by atoms with Crippen LogP contribution in [0.5, 0.6) is 0 Å². The second-order valence-electron chi connectivity index (χ2n) is 28.7. The molecule has 0 aromatic rings. The maximum atomic E-state index is 13.0. The lowest BCUT2D eigenvalue weighted by Crippen LogP contribution is -2.44. The molecule has 0 amide bonds. The Morgan fingerprint density at radius 1 is 0.320 bits per heavy atom. The predicted octanol–water partition coefficient (Wildman–Crippen LogP) is 25.1. The molecule has 0 radical (unpaired) electrons. The Labute approximate surface area is 600 Å². The number of ether oxygens (including phenoxy) is 4. The van der Waals surface area contributed by atoms with E-state index in [4.69, 9.17) is 18.9 Å². The van der Waals surface area contributed by atoms with Gasteiger partial charge in [-0.1, -0.05) is 367 Å². The monoisotopic (exact) mass is 1350 g/mol. The van der Waals surface area contributed by atoms with E-state index in [1.54, 1.807) is 0 Å². The number of allylic oxidation sites excluding steroid dienone is 18. The molecule has 0 rings (SSSR count). The van der Waals surface area contributed by atoms with Gasteiger partial charge >= 0.3 is 11.9 Å². The molecule has 0 saturated heterocycles. The highest BCUT2D eigenvalue weighted by molar-refractivity contribution is 5.70. The third kappa shape index (κ3) is 79.2. The van der Waals surface area contributed by atoms with Crippen molar-refractivity contribution in [2.75, 3.05) is 47.5 Å². The molecule has 0 aromatic carbocycles. The second kappa shape index (κ2) is 77.7.